The molecule has 0 aliphatic carbocycles. The van der Waals surface area contributed by atoms with E-state index in [4.69, 9.17) is 0 Å². The molecule has 0 saturated carbocycles. The number of benzene rings is 1. The molecule has 12 heavy (non-hydrogen) atoms. The molecule has 0 aliphatic heterocycles. The first-order valence-electron chi connectivity index (χ1n) is 3.28. The Morgan fingerprint density at radius 3 is 2.33 bits per heavy atom. The van der Waals surface area contributed by atoms with Gasteiger partial charge in [-0.1, -0.05) is 0 Å². The van der Waals surface area contributed by atoms with Crippen molar-refractivity contribution in [3.8, 4) is 0 Å². The lowest BCUT2D eigenvalue weighted by atomic mass is 10.3. The SMILES string of the molecule is CN=Nc1ccc([N+](=O)[O-])cc1. The average molecular weight is 165 g/mol. The van der Waals surface area contributed by atoms with Gasteiger partial charge in [-0.15, -0.1) is 0 Å². The third-order valence-corrected chi connectivity index (χ3v) is 1.28. The molecule has 0 bridgehead atoms. The number of azo groups is 1. The summed E-state index contributed by atoms with van der Waals surface area (Å²) in [5.74, 6) is 0. The second kappa shape index (κ2) is 3.56. The summed E-state index contributed by atoms with van der Waals surface area (Å²) in [6, 6.07) is 5.88. The number of nitrogens with zero attached hydrogens (tertiary/aromatic N) is 3. The maximum absolute atomic E-state index is 10.2. The normalized spacial score (nSPS) is 10.4. The van der Waals surface area contributed by atoms with Crippen LogP contribution in [0.2, 0.25) is 0 Å². The maximum atomic E-state index is 10.2. The fourth-order valence-electron chi connectivity index (χ4n) is 0.756. The summed E-state index contributed by atoms with van der Waals surface area (Å²) in [5, 5.41) is 17.5. The lowest BCUT2D eigenvalue weighted by Gasteiger charge is -1.90. The molecule has 0 aromatic heterocycles. The number of rotatable bonds is 2. The van der Waals surface area contributed by atoms with Gasteiger partial charge >= 0.3 is 0 Å². The van der Waals surface area contributed by atoms with E-state index >= 15 is 0 Å². The maximum Gasteiger partial charge on any atom is 0.269 e. The molecule has 0 aliphatic rings. The zero-order chi connectivity index (χ0) is 8.97. The van der Waals surface area contributed by atoms with E-state index in [1.807, 2.05) is 0 Å². The lowest BCUT2D eigenvalue weighted by Crippen LogP contribution is -1.85. The zero-order valence-electron chi connectivity index (χ0n) is 6.47. The van der Waals surface area contributed by atoms with Crippen molar-refractivity contribution < 1.29 is 4.92 Å². The molecule has 5 heteroatoms. The minimum atomic E-state index is -0.452. The minimum Gasteiger partial charge on any atom is -0.258 e. The monoisotopic (exact) mass is 165 g/mol. The molecule has 1 aromatic rings. The lowest BCUT2D eigenvalue weighted by molar-refractivity contribution is -0.384. The zero-order valence-corrected chi connectivity index (χ0v) is 6.47. The Labute approximate surface area is 68.9 Å². The summed E-state index contributed by atoms with van der Waals surface area (Å²) in [6.07, 6.45) is 0. The summed E-state index contributed by atoms with van der Waals surface area (Å²) in [4.78, 5) is 9.77. The van der Waals surface area contributed by atoms with Gasteiger partial charge in [-0.05, 0) is 12.1 Å². The quantitative estimate of drug-likeness (QED) is 0.383. The topological polar surface area (TPSA) is 67.9 Å². The molecule has 0 radical (unpaired) electrons. The Kier molecular flexibility index (Phi) is 2.47. The summed E-state index contributed by atoms with van der Waals surface area (Å²) in [5.41, 5.74) is 0.674. The van der Waals surface area contributed by atoms with Gasteiger partial charge in [0.2, 0.25) is 0 Å². The number of nitro benzene ring substituents is 1. The molecule has 0 heterocycles. The van der Waals surface area contributed by atoms with Gasteiger partial charge in [-0.3, -0.25) is 10.1 Å². The average Bonchev–Trinajstić information content (AvgIpc) is 2.06. The van der Waals surface area contributed by atoms with Crippen LogP contribution in [0.25, 0.3) is 0 Å². The van der Waals surface area contributed by atoms with Gasteiger partial charge in [0.15, 0.2) is 0 Å². The van der Waals surface area contributed by atoms with Gasteiger partial charge < -0.3 is 0 Å². The van der Waals surface area contributed by atoms with Crippen LogP contribution in [0.1, 0.15) is 0 Å². The van der Waals surface area contributed by atoms with Crippen LogP contribution in [0.15, 0.2) is 34.5 Å². The van der Waals surface area contributed by atoms with E-state index in [9.17, 15) is 10.1 Å². The molecule has 0 fully saturated rings. The van der Waals surface area contributed by atoms with Crippen molar-refractivity contribution >= 4 is 11.4 Å². The highest BCUT2D eigenvalue weighted by Gasteiger charge is 2.02. The number of hydrogen-bond acceptors (Lipinski definition) is 4. The Hall–Kier alpha value is -1.78. The van der Waals surface area contributed by atoms with Crippen molar-refractivity contribution in [3.05, 3.63) is 34.4 Å². The van der Waals surface area contributed by atoms with Crippen LogP contribution in [-0.2, 0) is 0 Å². The standard InChI is InChI=1S/C7H7N3O2/c1-8-9-6-2-4-7(5-3-6)10(11)12/h2-5H,1H3. The summed E-state index contributed by atoms with van der Waals surface area (Å²) in [7, 11) is 1.54. The molecule has 0 atom stereocenters. The molecule has 5 nitrogen and oxygen atoms in total. The predicted molar refractivity (Wildman–Crippen MR) is 43.5 cm³/mol. The molecular formula is C7H7N3O2. The Bertz CT molecular complexity index is 305. The highest BCUT2D eigenvalue weighted by molar-refractivity contribution is 5.43. The van der Waals surface area contributed by atoms with Crippen LogP contribution in [-0.4, -0.2) is 12.0 Å². The fourth-order valence-corrected chi connectivity index (χ4v) is 0.756. The highest BCUT2D eigenvalue weighted by atomic mass is 16.6. The molecule has 0 unspecified atom stereocenters. The molecule has 0 N–H and O–H groups in total. The van der Waals surface area contributed by atoms with Crippen LogP contribution >= 0.6 is 0 Å². The third kappa shape index (κ3) is 1.85. The van der Waals surface area contributed by atoms with Gasteiger partial charge in [0, 0.05) is 19.2 Å². The van der Waals surface area contributed by atoms with Gasteiger partial charge in [-0.25, -0.2) is 0 Å². The Balaban J connectivity index is 2.93. The van der Waals surface area contributed by atoms with Crippen molar-refractivity contribution in [3.63, 3.8) is 0 Å². The predicted octanol–water partition coefficient (Wildman–Crippen LogP) is 2.31. The van der Waals surface area contributed by atoms with E-state index in [-0.39, 0.29) is 5.69 Å². The van der Waals surface area contributed by atoms with Crippen molar-refractivity contribution in [2.45, 2.75) is 0 Å². The van der Waals surface area contributed by atoms with E-state index in [1.54, 1.807) is 19.2 Å². The molecule has 62 valence electrons. The van der Waals surface area contributed by atoms with Crippen LogP contribution in [0.5, 0.6) is 0 Å². The molecule has 0 amide bonds. The van der Waals surface area contributed by atoms with E-state index in [0.29, 0.717) is 5.69 Å². The Morgan fingerprint density at radius 1 is 1.33 bits per heavy atom. The second-order valence-corrected chi connectivity index (χ2v) is 2.07. The first-order valence-corrected chi connectivity index (χ1v) is 3.28. The first kappa shape index (κ1) is 8.32. The molecule has 1 aromatic carbocycles. The smallest absolute Gasteiger partial charge is 0.258 e. The van der Waals surface area contributed by atoms with Gasteiger partial charge in [-0.2, -0.15) is 10.2 Å². The number of non-ortho nitro benzene ring substituents is 1. The summed E-state index contributed by atoms with van der Waals surface area (Å²) >= 11 is 0. The van der Waals surface area contributed by atoms with Crippen molar-refractivity contribution in [1.82, 2.24) is 0 Å². The van der Waals surface area contributed by atoms with Gasteiger partial charge in [0.05, 0.1) is 10.6 Å². The fraction of sp³-hybridized carbons (Fsp3) is 0.143. The van der Waals surface area contributed by atoms with E-state index in [1.165, 1.54) is 12.1 Å². The van der Waals surface area contributed by atoms with Crippen molar-refractivity contribution in [2.75, 3.05) is 7.05 Å². The van der Waals surface area contributed by atoms with E-state index in [0.717, 1.165) is 0 Å². The summed E-state index contributed by atoms with van der Waals surface area (Å²) in [6.45, 7) is 0. The molecule has 0 saturated heterocycles. The van der Waals surface area contributed by atoms with Gasteiger partial charge in [0.1, 0.15) is 0 Å². The minimum absolute atomic E-state index is 0.0602. The highest BCUT2D eigenvalue weighted by Crippen LogP contribution is 2.17. The van der Waals surface area contributed by atoms with Crippen LogP contribution < -0.4 is 0 Å². The van der Waals surface area contributed by atoms with Crippen LogP contribution in [0.3, 0.4) is 0 Å². The Morgan fingerprint density at radius 2 is 1.92 bits per heavy atom. The molecular weight excluding hydrogens is 158 g/mol. The first-order chi connectivity index (χ1) is 5.74. The molecule has 1 rings (SSSR count). The third-order valence-electron chi connectivity index (χ3n) is 1.28. The largest absolute Gasteiger partial charge is 0.269 e. The van der Waals surface area contributed by atoms with E-state index < -0.39 is 4.92 Å². The van der Waals surface area contributed by atoms with Crippen LogP contribution in [0, 0.1) is 10.1 Å². The second-order valence-electron chi connectivity index (χ2n) is 2.07. The number of hydrogen-bond donors (Lipinski definition) is 0. The number of nitro groups is 1. The van der Waals surface area contributed by atoms with Gasteiger partial charge in [0.25, 0.3) is 5.69 Å². The van der Waals surface area contributed by atoms with Crippen LogP contribution in [0.4, 0.5) is 11.4 Å². The van der Waals surface area contributed by atoms with Crippen molar-refractivity contribution in [1.29, 1.82) is 0 Å². The summed E-state index contributed by atoms with van der Waals surface area (Å²) < 4.78 is 0. The van der Waals surface area contributed by atoms with E-state index in [2.05, 4.69) is 10.2 Å². The molecule has 0 spiro atoms. The van der Waals surface area contributed by atoms with Crippen molar-refractivity contribution in [2.24, 2.45) is 10.2 Å².